The highest BCUT2D eigenvalue weighted by atomic mass is 16.5. The van der Waals surface area contributed by atoms with Crippen LogP contribution in [0.2, 0.25) is 0 Å². The van der Waals surface area contributed by atoms with Gasteiger partial charge in [0.1, 0.15) is 11.5 Å². The third kappa shape index (κ3) is 3.81. The molecule has 0 aliphatic rings. The van der Waals surface area contributed by atoms with Gasteiger partial charge in [-0.15, -0.1) is 0 Å². The van der Waals surface area contributed by atoms with E-state index in [-0.39, 0.29) is 11.7 Å². The van der Waals surface area contributed by atoms with Gasteiger partial charge in [0.15, 0.2) is 0 Å². The summed E-state index contributed by atoms with van der Waals surface area (Å²) in [7, 11) is 2.99. The van der Waals surface area contributed by atoms with Crippen molar-refractivity contribution in [2.24, 2.45) is 5.73 Å². The van der Waals surface area contributed by atoms with Crippen LogP contribution >= 0.6 is 0 Å². The molecule has 2 aromatic heterocycles. The molecule has 0 spiro atoms. The summed E-state index contributed by atoms with van der Waals surface area (Å²) in [6.45, 7) is 1.09. The standard InChI is InChI=1S/C12H16N6O3/c1-20-10-7-9(15-12(16-10)21-2)14-4-6-18-5-3-8(17-18)11(13)19/h3,5,7H,4,6H2,1-2H3,(H2,13,19)(H,14,15,16). The Bertz CT molecular complexity index is 605. The number of ether oxygens (including phenoxy) is 2. The van der Waals surface area contributed by atoms with E-state index in [4.69, 9.17) is 15.2 Å². The lowest BCUT2D eigenvalue weighted by molar-refractivity contribution is 0.0994. The van der Waals surface area contributed by atoms with Gasteiger partial charge in [-0.2, -0.15) is 15.1 Å². The number of hydrogen-bond donors (Lipinski definition) is 2. The number of nitrogens with two attached hydrogens (primary N) is 1. The summed E-state index contributed by atoms with van der Waals surface area (Å²) < 4.78 is 11.6. The van der Waals surface area contributed by atoms with Crippen LogP contribution in [0.15, 0.2) is 18.3 Å². The fourth-order valence-electron chi connectivity index (χ4n) is 1.61. The second-order valence-electron chi connectivity index (χ2n) is 4.04. The van der Waals surface area contributed by atoms with Crippen molar-refractivity contribution < 1.29 is 14.3 Å². The maximum absolute atomic E-state index is 10.9. The topological polar surface area (TPSA) is 117 Å². The van der Waals surface area contributed by atoms with Crippen molar-refractivity contribution in [1.29, 1.82) is 0 Å². The predicted octanol–water partition coefficient (Wildman–Crippen LogP) is -0.0987. The van der Waals surface area contributed by atoms with E-state index >= 15 is 0 Å². The Morgan fingerprint density at radius 1 is 1.38 bits per heavy atom. The second-order valence-corrected chi connectivity index (χ2v) is 4.04. The van der Waals surface area contributed by atoms with Crippen LogP contribution in [0.25, 0.3) is 0 Å². The van der Waals surface area contributed by atoms with Gasteiger partial charge in [0.25, 0.3) is 5.91 Å². The van der Waals surface area contributed by atoms with E-state index in [0.29, 0.717) is 24.8 Å². The van der Waals surface area contributed by atoms with Crippen LogP contribution < -0.4 is 20.5 Å². The van der Waals surface area contributed by atoms with Gasteiger partial charge in [0.05, 0.1) is 20.8 Å². The lowest BCUT2D eigenvalue weighted by Gasteiger charge is -2.08. The van der Waals surface area contributed by atoms with Crippen LogP contribution in [-0.4, -0.2) is 46.4 Å². The molecule has 0 saturated carbocycles. The van der Waals surface area contributed by atoms with E-state index in [9.17, 15) is 4.79 Å². The highest BCUT2D eigenvalue weighted by molar-refractivity contribution is 5.90. The lowest BCUT2D eigenvalue weighted by Crippen LogP contribution is -2.15. The van der Waals surface area contributed by atoms with Gasteiger partial charge in [0.2, 0.25) is 5.88 Å². The fraction of sp³-hybridized carbons (Fsp3) is 0.333. The van der Waals surface area contributed by atoms with Gasteiger partial charge in [0, 0.05) is 18.8 Å². The van der Waals surface area contributed by atoms with E-state index in [1.54, 1.807) is 23.0 Å². The third-order valence-electron chi connectivity index (χ3n) is 2.61. The molecule has 2 heterocycles. The Hall–Kier alpha value is -2.84. The maximum Gasteiger partial charge on any atom is 0.321 e. The number of nitrogens with one attached hydrogen (secondary N) is 1. The first-order valence-corrected chi connectivity index (χ1v) is 6.16. The summed E-state index contributed by atoms with van der Waals surface area (Å²) >= 11 is 0. The first-order chi connectivity index (χ1) is 10.1. The van der Waals surface area contributed by atoms with E-state index in [2.05, 4.69) is 20.4 Å². The summed E-state index contributed by atoms with van der Waals surface area (Å²) in [6, 6.07) is 3.44. The molecule has 2 aromatic rings. The number of nitrogens with zero attached hydrogens (tertiary/aromatic N) is 4. The molecular formula is C12H16N6O3. The van der Waals surface area contributed by atoms with Crippen LogP contribution in [0.3, 0.4) is 0 Å². The Balaban J connectivity index is 1.94. The number of primary amides is 1. The molecule has 0 aliphatic heterocycles. The zero-order valence-corrected chi connectivity index (χ0v) is 11.7. The number of carbonyl (C=O) groups is 1. The lowest BCUT2D eigenvalue weighted by atomic mass is 10.4. The average Bonchev–Trinajstić information content (AvgIpc) is 2.96. The quantitative estimate of drug-likeness (QED) is 0.731. The summed E-state index contributed by atoms with van der Waals surface area (Å²) in [5.41, 5.74) is 5.37. The van der Waals surface area contributed by atoms with Gasteiger partial charge in [-0.1, -0.05) is 0 Å². The Labute approximate surface area is 121 Å². The van der Waals surface area contributed by atoms with Crippen molar-refractivity contribution in [2.75, 3.05) is 26.1 Å². The third-order valence-corrected chi connectivity index (χ3v) is 2.61. The number of hydrogen-bond acceptors (Lipinski definition) is 7. The predicted molar refractivity (Wildman–Crippen MR) is 74.4 cm³/mol. The van der Waals surface area contributed by atoms with Gasteiger partial charge in [-0.05, 0) is 6.07 Å². The molecular weight excluding hydrogens is 276 g/mol. The number of carbonyl (C=O) groups excluding carboxylic acids is 1. The number of amides is 1. The Morgan fingerprint density at radius 3 is 2.81 bits per heavy atom. The van der Waals surface area contributed by atoms with Gasteiger partial charge >= 0.3 is 6.01 Å². The van der Waals surface area contributed by atoms with Crippen LogP contribution in [-0.2, 0) is 6.54 Å². The molecule has 2 rings (SSSR count). The molecule has 3 N–H and O–H groups in total. The molecule has 9 heteroatoms. The summed E-state index contributed by atoms with van der Waals surface area (Å²) in [5, 5.41) is 7.12. The summed E-state index contributed by atoms with van der Waals surface area (Å²) in [5.74, 6) is 0.424. The molecule has 21 heavy (non-hydrogen) atoms. The second kappa shape index (κ2) is 6.55. The van der Waals surface area contributed by atoms with E-state index in [1.165, 1.54) is 14.2 Å². The SMILES string of the molecule is COc1cc(NCCn2ccc(C(N)=O)n2)nc(OC)n1. The molecule has 0 saturated heterocycles. The number of aromatic nitrogens is 4. The summed E-state index contributed by atoms with van der Waals surface area (Å²) in [6.07, 6.45) is 1.68. The van der Waals surface area contributed by atoms with Crippen molar-refractivity contribution in [1.82, 2.24) is 19.7 Å². The molecule has 0 unspecified atom stereocenters. The number of methoxy groups -OCH3 is 2. The Morgan fingerprint density at radius 2 is 2.19 bits per heavy atom. The largest absolute Gasteiger partial charge is 0.481 e. The minimum Gasteiger partial charge on any atom is -0.481 e. The van der Waals surface area contributed by atoms with E-state index in [1.807, 2.05) is 0 Å². The molecule has 0 aliphatic carbocycles. The Kier molecular flexibility index (Phi) is 4.54. The molecule has 1 amide bonds. The normalized spacial score (nSPS) is 10.2. The minimum absolute atomic E-state index is 0.215. The van der Waals surface area contributed by atoms with E-state index < -0.39 is 5.91 Å². The highest BCUT2D eigenvalue weighted by Crippen LogP contribution is 2.16. The van der Waals surface area contributed by atoms with Crippen LogP contribution in [0.1, 0.15) is 10.5 Å². The van der Waals surface area contributed by atoms with Gasteiger partial charge < -0.3 is 20.5 Å². The maximum atomic E-state index is 10.9. The molecule has 112 valence electrons. The average molecular weight is 292 g/mol. The molecule has 9 nitrogen and oxygen atoms in total. The zero-order chi connectivity index (χ0) is 15.2. The monoisotopic (exact) mass is 292 g/mol. The minimum atomic E-state index is -0.549. The van der Waals surface area contributed by atoms with Gasteiger partial charge in [-0.3, -0.25) is 9.48 Å². The van der Waals surface area contributed by atoms with Gasteiger partial charge in [-0.25, -0.2) is 0 Å². The number of anilines is 1. The summed E-state index contributed by atoms with van der Waals surface area (Å²) in [4.78, 5) is 19.1. The molecule has 0 aromatic carbocycles. The molecule has 0 radical (unpaired) electrons. The number of rotatable bonds is 7. The fourth-order valence-corrected chi connectivity index (χ4v) is 1.61. The van der Waals surface area contributed by atoms with Crippen LogP contribution in [0.5, 0.6) is 11.9 Å². The van der Waals surface area contributed by atoms with Crippen molar-refractivity contribution in [3.8, 4) is 11.9 Å². The van der Waals surface area contributed by atoms with Crippen LogP contribution in [0.4, 0.5) is 5.82 Å². The van der Waals surface area contributed by atoms with Crippen molar-refractivity contribution in [3.63, 3.8) is 0 Å². The van der Waals surface area contributed by atoms with E-state index in [0.717, 1.165) is 0 Å². The zero-order valence-electron chi connectivity index (χ0n) is 11.7. The smallest absolute Gasteiger partial charge is 0.321 e. The highest BCUT2D eigenvalue weighted by Gasteiger charge is 2.06. The van der Waals surface area contributed by atoms with Crippen molar-refractivity contribution in [3.05, 3.63) is 24.0 Å². The van der Waals surface area contributed by atoms with Crippen molar-refractivity contribution >= 4 is 11.7 Å². The first-order valence-electron chi connectivity index (χ1n) is 6.16. The van der Waals surface area contributed by atoms with Crippen LogP contribution in [0, 0.1) is 0 Å². The molecule has 0 fully saturated rings. The van der Waals surface area contributed by atoms with Crippen molar-refractivity contribution in [2.45, 2.75) is 6.54 Å². The molecule has 0 atom stereocenters. The molecule has 0 bridgehead atoms. The first kappa shape index (κ1) is 14.6.